The van der Waals surface area contributed by atoms with Crippen LogP contribution in [0, 0.1) is 5.82 Å². The summed E-state index contributed by atoms with van der Waals surface area (Å²) >= 11 is 7.15. The van der Waals surface area contributed by atoms with Gasteiger partial charge in [-0.15, -0.1) is 11.3 Å². The summed E-state index contributed by atoms with van der Waals surface area (Å²) in [6.07, 6.45) is 0. The van der Waals surface area contributed by atoms with Gasteiger partial charge in [0.25, 0.3) is 11.8 Å². The maximum atomic E-state index is 13.0. The van der Waals surface area contributed by atoms with Gasteiger partial charge >= 0.3 is 0 Å². The Kier molecular flexibility index (Phi) is 6.43. The number of rotatable bonds is 5. The Balaban J connectivity index is 1.45. The van der Waals surface area contributed by atoms with E-state index in [1.165, 1.54) is 17.4 Å². The zero-order valence-corrected chi connectivity index (χ0v) is 15.6. The van der Waals surface area contributed by atoms with E-state index in [2.05, 4.69) is 15.8 Å². The van der Waals surface area contributed by atoms with Crippen molar-refractivity contribution in [3.05, 3.63) is 40.1 Å². The maximum Gasteiger partial charge on any atom is 0.289 e. The predicted molar refractivity (Wildman–Crippen MR) is 97.7 cm³/mol. The number of amides is 2. The molecule has 0 bridgehead atoms. The van der Waals surface area contributed by atoms with Crippen molar-refractivity contribution in [1.82, 2.24) is 15.8 Å². The van der Waals surface area contributed by atoms with E-state index in [1.807, 2.05) is 4.90 Å². The standard InChI is InChI=1S/C16H16ClFN4O4S/c17-11-7-10(18)1-2-13(11)26-8-14(23)20-21-15(24)12-9-27-16(19-12)22-3-5-25-6-4-22/h1-2,7,9H,3-6,8H2,(H,20,23)(H,21,24). The minimum absolute atomic E-state index is 0.0463. The number of carbonyl (C=O) groups excluding carboxylic acids is 2. The molecule has 0 radical (unpaired) electrons. The average molecular weight is 415 g/mol. The van der Waals surface area contributed by atoms with E-state index in [0.717, 1.165) is 17.3 Å². The van der Waals surface area contributed by atoms with Crippen LogP contribution >= 0.6 is 22.9 Å². The highest BCUT2D eigenvalue weighted by Gasteiger charge is 2.18. The molecule has 1 aliphatic rings. The van der Waals surface area contributed by atoms with E-state index < -0.39 is 24.2 Å². The fourth-order valence-electron chi connectivity index (χ4n) is 2.23. The van der Waals surface area contributed by atoms with Crippen molar-refractivity contribution >= 4 is 39.9 Å². The second kappa shape index (κ2) is 8.98. The summed E-state index contributed by atoms with van der Waals surface area (Å²) in [5.41, 5.74) is 4.68. The number of hydrogen-bond donors (Lipinski definition) is 2. The van der Waals surface area contributed by atoms with Crippen molar-refractivity contribution in [2.75, 3.05) is 37.8 Å². The van der Waals surface area contributed by atoms with Gasteiger partial charge in [-0.3, -0.25) is 20.4 Å². The van der Waals surface area contributed by atoms with Crippen LogP contribution in [0.4, 0.5) is 9.52 Å². The van der Waals surface area contributed by atoms with Crippen LogP contribution in [0.25, 0.3) is 0 Å². The second-order valence-corrected chi connectivity index (χ2v) is 6.72. The number of ether oxygens (including phenoxy) is 2. The van der Waals surface area contributed by atoms with E-state index in [1.54, 1.807) is 5.38 Å². The maximum absolute atomic E-state index is 13.0. The van der Waals surface area contributed by atoms with Gasteiger partial charge in [0.2, 0.25) is 0 Å². The number of thiazole rings is 1. The van der Waals surface area contributed by atoms with Gasteiger partial charge in [0.15, 0.2) is 11.7 Å². The normalized spacial score (nSPS) is 13.9. The molecule has 1 aliphatic heterocycles. The Hall–Kier alpha value is -2.43. The fraction of sp³-hybridized carbons (Fsp3) is 0.312. The molecule has 2 N–H and O–H groups in total. The van der Waals surface area contributed by atoms with Gasteiger partial charge in [-0.1, -0.05) is 11.6 Å². The molecule has 27 heavy (non-hydrogen) atoms. The number of nitrogens with zero attached hydrogens (tertiary/aromatic N) is 2. The van der Waals surface area contributed by atoms with Crippen LogP contribution in [0.2, 0.25) is 5.02 Å². The van der Waals surface area contributed by atoms with Crippen molar-refractivity contribution < 1.29 is 23.5 Å². The molecule has 0 aliphatic carbocycles. The Morgan fingerprint density at radius 1 is 1.33 bits per heavy atom. The molecule has 0 saturated carbocycles. The second-order valence-electron chi connectivity index (χ2n) is 5.48. The quantitative estimate of drug-likeness (QED) is 0.722. The lowest BCUT2D eigenvalue weighted by atomic mass is 10.3. The van der Waals surface area contributed by atoms with E-state index in [0.29, 0.717) is 26.3 Å². The molecule has 1 fully saturated rings. The SMILES string of the molecule is O=C(COc1ccc(F)cc1Cl)NNC(=O)c1csc(N2CCOCC2)n1. The highest BCUT2D eigenvalue weighted by Crippen LogP contribution is 2.24. The number of carbonyl (C=O) groups is 2. The van der Waals surface area contributed by atoms with Crippen LogP contribution < -0.4 is 20.5 Å². The van der Waals surface area contributed by atoms with E-state index >= 15 is 0 Å². The molecule has 8 nitrogen and oxygen atoms in total. The molecular formula is C16H16ClFN4O4S. The van der Waals surface area contributed by atoms with Crippen molar-refractivity contribution in [3.63, 3.8) is 0 Å². The predicted octanol–water partition coefficient (Wildman–Crippen LogP) is 1.61. The summed E-state index contributed by atoms with van der Waals surface area (Å²) in [4.78, 5) is 30.2. The molecule has 11 heteroatoms. The van der Waals surface area contributed by atoms with E-state index in [4.69, 9.17) is 21.1 Å². The van der Waals surface area contributed by atoms with Crippen LogP contribution in [0.5, 0.6) is 5.75 Å². The number of morpholine rings is 1. The zero-order chi connectivity index (χ0) is 19.2. The lowest BCUT2D eigenvalue weighted by Crippen LogP contribution is -2.44. The highest BCUT2D eigenvalue weighted by molar-refractivity contribution is 7.13. The number of nitrogens with one attached hydrogen (secondary N) is 2. The number of aromatic nitrogens is 1. The minimum atomic E-state index is -0.604. The van der Waals surface area contributed by atoms with Crippen molar-refractivity contribution in [1.29, 1.82) is 0 Å². The molecule has 0 atom stereocenters. The Labute approximate surface area is 163 Å². The molecule has 2 amide bonds. The first kappa shape index (κ1) is 19.3. The van der Waals surface area contributed by atoms with Gasteiger partial charge in [0.05, 0.1) is 18.2 Å². The Bertz CT molecular complexity index is 829. The number of anilines is 1. The molecule has 1 aromatic carbocycles. The van der Waals surface area contributed by atoms with Gasteiger partial charge in [0.1, 0.15) is 17.3 Å². The van der Waals surface area contributed by atoms with Crippen LogP contribution in [0.3, 0.4) is 0 Å². The largest absolute Gasteiger partial charge is 0.482 e. The lowest BCUT2D eigenvalue weighted by molar-refractivity contribution is -0.123. The molecule has 2 aromatic rings. The van der Waals surface area contributed by atoms with Crippen LogP contribution in [0.1, 0.15) is 10.5 Å². The first-order chi connectivity index (χ1) is 13.0. The molecule has 3 rings (SSSR count). The summed E-state index contributed by atoms with van der Waals surface area (Å²) in [7, 11) is 0. The fourth-order valence-corrected chi connectivity index (χ4v) is 3.31. The van der Waals surface area contributed by atoms with Gasteiger partial charge in [-0.2, -0.15) is 0 Å². The molecule has 2 heterocycles. The van der Waals surface area contributed by atoms with Crippen molar-refractivity contribution in [2.24, 2.45) is 0 Å². The molecule has 0 unspecified atom stereocenters. The monoisotopic (exact) mass is 414 g/mol. The molecule has 0 spiro atoms. The van der Waals surface area contributed by atoms with Crippen molar-refractivity contribution in [2.45, 2.75) is 0 Å². The van der Waals surface area contributed by atoms with E-state index in [-0.39, 0.29) is 16.5 Å². The van der Waals surface area contributed by atoms with Gasteiger partial charge in [-0.05, 0) is 18.2 Å². The molecular weight excluding hydrogens is 399 g/mol. The lowest BCUT2D eigenvalue weighted by Gasteiger charge is -2.25. The third-order valence-electron chi connectivity index (χ3n) is 3.57. The van der Waals surface area contributed by atoms with Crippen LogP contribution in [0.15, 0.2) is 23.6 Å². The Morgan fingerprint density at radius 3 is 2.85 bits per heavy atom. The summed E-state index contributed by atoms with van der Waals surface area (Å²) in [6, 6.07) is 3.55. The van der Waals surface area contributed by atoms with Gasteiger partial charge in [0, 0.05) is 18.5 Å². The number of benzene rings is 1. The average Bonchev–Trinajstić information content (AvgIpc) is 3.16. The number of hydrogen-bond acceptors (Lipinski definition) is 7. The number of halogens is 2. The summed E-state index contributed by atoms with van der Waals surface area (Å²) in [5, 5.41) is 2.38. The molecule has 144 valence electrons. The molecule has 1 aromatic heterocycles. The first-order valence-electron chi connectivity index (χ1n) is 7.98. The topological polar surface area (TPSA) is 92.8 Å². The van der Waals surface area contributed by atoms with Gasteiger partial charge < -0.3 is 14.4 Å². The van der Waals surface area contributed by atoms with Crippen LogP contribution in [-0.2, 0) is 9.53 Å². The third kappa shape index (κ3) is 5.28. The summed E-state index contributed by atoms with van der Waals surface area (Å²) in [5.74, 6) is -1.50. The Morgan fingerprint density at radius 2 is 2.11 bits per heavy atom. The smallest absolute Gasteiger partial charge is 0.289 e. The minimum Gasteiger partial charge on any atom is -0.482 e. The number of hydrazine groups is 1. The summed E-state index contributed by atoms with van der Waals surface area (Å²) in [6.45, 7) is 2.27. The summed E-state index contributed by atoms with van der Waals surface area (Å²) < 4.78 is 23.4. The zero-order valence-electron chi connectivity index (χ0n) is 14.0. The first-order valence-corrected chi connectivity index (χ1v) is 9.24. The third-order valence-corrected chi connectivity index (χ3v) is 4.77. The van der Waals surface area contributed by atoms with Gasteiger partial charge in [-0.25, -0.2) is 9.37 Å². The highest BCUT2D eigenvalue weighted by atomic mass is 35.5. The van der Waals surface area contributed by atoms with Crippen LogP contribution in [-0.4, -0.2) is 49.7 Å². The molecule has 1 saturated heterocycles. The van der Waals surface area contributed by atoms with E-state index in [9.17, 15) is 14.0 Å². The van der Waals surface area contributed by atoms with Crippen molar-refractivity contribution in [3.8, 4) is 5.75 Å².